The predicted molar refractivity (Wildman–Crippen MR) is 112 cm³/mol. The predicted octanol–water partition coefficient (Wildman–Crippen LogP) is 3.95. The third kappa shape index (κ3) is 5.73. The molecule has 1 N–H and O–H groups in total. The molecule has 0 spiro atoms. The van der Waals surface area contributed by atoms with Gasteiger partial charge < -0.3 is 14.6 Å². The zero-order chi connectivity index (χ0) is 24.6. The van der Waals surface area contributed by atoms with Gasteiger partial charge in [-0.25, -0.2) is 19.1 Å². The van der Waals surface area contributed by atoms with E-state index in [4.69, 9.17) is 4.74 Å². The second kappa shape index (κ2) is 8.64. The molecule has 2 heterocycles. The van der Waals surface area contributed by atoms with Gasteiger partial charge in [0.2, 0.25) is 5.88 Å². The lowest BCUT2D eigenvalue weighted by atomic mass is 10.2. The number of hydrogen-bond acceptors (Lipinski definition) is 6. The van der Waals surface area contributed by atoms with Gasteiger partial charge in [-0.05, 0) is 69.7 Å². The lowest BCUT2D eigenvalue weighted by Crippen LogP contribution is -2.25. The van der Waals surface area contributed by atoms with Crippen LogP contribution >= 0.6 is 0 Å². The van der Waals surface area contributed by atoms with Gasteiger partial charge in [0.05, 0.1) is 17.9 Å². The number of carbonyl (C=O) groups is 1. The Morgan fingerprint density at radius 2 is 1.76 bits per heavy atom. The van der Waals surface area contributed by atoms with Crippen molar-refractivity contribution in [1.82, 2.24) is 14.1 Å². The van der Waals surface area contributed by atoms with Gasteiger partial charge in [-0.2, -0.15) is 0 Å². The second-order valence-electron chi connectivity index (χ2n) is 8.21. The fraction of sp³-hybridized carbons (Fsp3) is 0.318. The van der Waals surface area contributed by atoms with Crippen molar-refractivity contribution in [3.63, 3.8) is 0 Å². The Balaban J connectivity index is 1.90. The van der Waals surface area contributed by atoms with Crippen LogP contribution in [0.5, 0.6) is 11.6 Å². The summed E-state index contributed by atoms with van der Waals surface area (Å²) >= 11 is 0. The maximum atomic E-state index is 13.0. The number of ether oxygens (including phenoxy) is 2. The van der Waals surface area contributed by atoms with Gasteiger partial charge in [-0.3, -0.25) is 4.57 Å². The lowest BCUT2D eigenvalue weighted by molar-refractivity contribution is -0.274. The number of imidazole rings is 1. The molecule has 3 aromatic rings. The monoisotopic (exact) mass is 465 g/mol. The van der Waals surface area contributed by atoms with E-state index in [1.54, 1.807) is 26.8 Å². The lowest BCUT2D eigenvalue weighted by Gasteiger charge is -2.19. The van der Waals surface area contributed by atoms with E-state index in [1.807, 2.05) is 0 Å². The highest BCUT2D eigenvalue weighted by Crippen LogP contribution is 2.26. The molecular formula is C22H22F3N3O5. The Morgan fingerprint density at radius 3 is 2.33 bits per heavy atom. The second-order valence-corrected chi connectivity index (χ2v) is 8.21. The minimum Gasteiger partial charge on any atom is -0.493 e. The maximum absolute atomic E-state index is 13.0. The van der Waals surface area contributed by atoms with E-state index in [1.165, 1.54) is 35.9 Å². The Morgan fingerprint density at radius 1 is 1.12 bits per heavy atom. The summed E-state index contributed by atoms with van der Waals surface area (Å²) in [6, 6.07) is 7.61. The zero-order valence-corrected chi connectivity index (χ0v) is 18.3. The van der Waals surface area contributed by atoms with E-state index in [0.29, 0.717) is 5.56 Å². The smallest absolute Gasteiger partial charge is 0.493 e. The quantitative estimate of drug-likeness (QED) is 0.574. The highest BCUT2D eigenvalue weighted by Gasteiger charge is 2.31. The molecule has 11 heteroatoms. The van der Waals surface area contributed by atoms with Crippen molar-refractivity contribution in [3.8, 4) is 17.3 Å². The van der Waals surface area contributed by atoms with E-state index in [2.05, 4.69) is 9.72 Å². The van der Waals surface area contributed by atoms with Crippen molar-refractivity contribution in [2.45, 2.75) is 46.2 Å². The molecule has 176 valence electrons. The molecule has 0 fully saturated rings. The van der Waals surface area contributed by atoms with Crippen LogP contribution < -0.4 is 10.4 Å². The molecule has 8 nitrogen and oxygen atoms in total. The number of pyridine rings is 1. The average molecular weight is 465 g/mol. The SMILES string of the molecule is Cc1c(O)n(-c2ccc(OC(F)(F)F)cc2)c(=O)n1Cc1ccnc(C(=O)OC(C)(C)C)c1. The summed E-state index contributed by atoms with van der Waals surface area (Å²) in [6.07, 6.45) is -3.44. The number of aromatic hydroxyl groups is 1. The van der Waals surface area contributed by atoms with Gasteiger partial charge >= 0.3 is 18.0 Å². The first-order valence-corrected chi connectivity index (χ1v) is 9.81. The van der Waals surface area contributed by atoms with E-state index in [9.17, 15) is 27.9 Å². The fourth-order valence-electron chi connectivity index (χ4n) is 3.05. The van der Waals surface area contributed by atoms with E-state index in [-0.39, 0.29) is 29.5 Å². The van der Waals surface area contributed by atoms with Crippen molar-refractivity contribution >= 4 is 5.97 Å². The van der Waals surface area contributed by atoms with Crippen LogP contribution in [0.3, 0.4) is 0 Å². The number of halogens is 3. The first-order chi connectivity index (χ1) is 15.2. The highest BCUT2D eigenvalue weighted by atomic mass is 19.4. The molecule has 2 aromatic heterocycles. The Kier molecular flexibility index (Phi) is 6.26. The zero-order valence-electron chi connectivity index (χ0n) is 18.3. The molecule has 0 saturated heterocycles. The molecule has 0 aliphatic carbocycles. The molecular weight excluding hydrogens is 443 g/mol. The van der Waals surface area contributed by atoms with Crippen LogP contribution in [0.25, 0.3) is 5.69 Å². The third-order valence-corrected chi connectivity index (χ3v) is 4.46. The molecule has 0 atom stereocenters. The Bertz CT molecular complexity index is 1220. The Labute approximate surface area is 186 Å². The molecule has 0 radical (unpaired) electrons. The van der Waals surface area contributed by atoms with E-state index in [0.717, 1.165) is 16.7 Å². The van der Waals surface area contributed by atoms with Crippen LogP contribution in [0.4, 0.5) is 13.2 Å². The van der Waals surface area contributed by atoms with Crippen molar-refractivity contribution in [2.75, 3.05) is 0 Å². The standard InChI is InChI=1S/C22H22F3N3O5/c1-13-18(29)28(15-5-7-16(8-6-15)32-22(23,24)25)20(31)27(13)12-14-9-10-26-17(11-14)19(30)33-21(2,3)4/h5-11,29H,12H2,1-4H3. The fourth-order valence-corrected chi connectivity index (χ4v) is 3.05. The number of carbonyl (C=O) groups excluding carboxylic acids is 1. The van der Waals surface area contributed by atoms with Crippen molar-refractivity contribution in [2.24, 2.45) is 0 Å². The van der Waals surface area contributed by atoms with Gasteiger partial charge in [-0.1, -0.05) is 0 Å². The largest absolute Gasteiger partial charge is 0.573 e. The van der Waals surface area contributed by atoms with E-state index >= 15 is 0 Å². The first kappa shape index (κ1) is 23.9. The minimum absolute atomic E-state index is 0.0127. The van der Waals surface area contributed by atoms with Crippen LogP contribution in [0.1, 0.15) is 42.5 Å². The first-order valence-electron chi connectivity index (χ1n) is 9.81. The Hall–Kier alpha value is -3.76. The number of hydrogen-bond donors (Lipinski definition) is 1. The molecule has 0 aliphatic heterocycles. The topological polar surface area (TPSA) is 95.6 Å². The molecule has 0 aliphatic rings. The van der Waals surface area contributed by atoms with Crippen molar-refractivity contribution in [3.05, 3.63) is 70.0 Å². The molecule has 1 aromatic carbocycles. The third-order valence-electron chi connectivity index (χ3n) is 4.46. The maximum Gasteiger partial charge on any atom is 0.573 e. The van der Waals surface area contributed by atoms with Crippen LogP contribution in [0.2, 0.25) is 0 Å². The van der Waals surface area contributed by atoms with Crippen molar-refractivity contribution < 1.29 is 32.5 Å². The molecule has 0 bridgehead atoms. The van der Waals surface area contributed by atoms with Crippen LogP contribution in [0.15, 0.2) is 47.4 Å². The number of aromatic nitrogens is 3. The van der Waals surface area contributed by atoms with Gasteiger partial charge in [0.15, 0.2) is 0 Å². The number of rotatable bonds is 5. The molecule has 3 rings (SSSR count). The number of alkyl halides is 3. The van der Waals surface area contributed by atoms with Gasteiger partial charge in [0.25, 0.3) is 0 Å². The molecule has 0 saturated carbocycles. The van der Waals surface area contributed by atoms with Crippen LogP contribution in [-0.4, -0.2) is 37.2 Å². The summed E-state index contributed by atoms with van der Waals surface area (Å²) < 4.78 is 48.4. The van der Waals surface area contributed by atoms with E-state index < -0.39 is 29.4 Å². The summed E-state index contributed by atoms with van der Waals surface area (Å²) in [6.45, 7) is 6.71. The van der Waals surface area contributed by atoms with Crippen LogP contribution in [-0.2, 0) is 11.3 Å². The van der Waals surface area contributed by atoms with Crippen molar-refractivity contribution in [1.29, 1.82) is 0 Å². The van der Waals surface area contributed by atoms with Gasteiger partial charge in [0.1, 0.15) is 17.0 Å². The summed E-state index contributed by atoms with van der Waals surface area (Å²) in [5.74, 6) is -1.44. The van der Waals surface area contributed by atoms with Gasteiger partial charge in [0, 0.05) is 6.20 Å². The summed E-state index contributed by atoms with van der Waals surface area (Å²) in [4.78, 5) is 29.3. The molecule has 0 amide bonds. The van der Waals surface area contributed by atoms with Gasteiger partial charge in [-0.15, -0.1) is 13.2 Å². The summed E-state index contributed by atoms with van der Waals surface area (Å²) in [5, 5.41) is 10.5. The number of nitrogens with zero attached hydrogens (tertiary/aromatic N) is 3. The van der Waals surface area contributed by atoms with Crippen LogP contribution in [0, 0.1) is 6.92 Å². The summed E-state index contributed by atoms with van der Waals surface area (Å²) in [5.41, 5.74) is -0.319. The summed E-state index contributed by atoms with van der Waals surface area (Å²) in [7, 11) is 0. The number of esters is 1. The molecule has 33 heavy (non-hydrogen) atoms. The highest BCUT2D eigenvalue weighted by molar-refractivity contribution is 5.87. The normalized spacial score (nSPS) is 12.0. The minimum atomic E-state index is -4.84. The average Bonchev–Trinajstić information content (AvgIpc) is 2.90. The number of benzene rings is 1. The molecule has 0 unspecified atom stereocenters.